The summed E-state index contributed by atoms with van der Waals surface area (Å²) < 4.78 is 31.6. The van der Waals surface area contributed by atoms with E-state index in [9.17, 15) is 13.2 Å². The van der Waals surface area contributed by atoms with Crippen LogP contribution >= 0.6 is 0 Å². The fraction of sp³-hybridized carbons (Fsp3) is 0.294. The van der Waals surface area contributed by atoms with E-state index >= 15 is 0 Å². The van der Waals surface area contributed by atoms with Gasteiger partial charge in [0.05, 0.1) is 17.6 Å². The van der Waals surface area contributed by atoms with Crippen LogP contribution in [-0.4, -0.2) is 43.8 Å². The smallest absolute Gasteiger partial charge is 0.305 e. The molecule has 0 radical (unpaired) electrons. The standard InChI is InChI=1S/C17H21N5O4S/c1-26-15(23)4-2-3-9-22-27(24,25)14-7-5-12(6-8-14)17-20-10-13(11-21-17)16(18)19/h5-8,10-11,22H,2-4,9H2,1H3,(H3,18,19). The van der Waals surface area contributed by atoms with E-state index in [0.717, 1.165) is 0 Å². The van der Waals surface area contributed by atoms with Gasteiger partial charge in [0.2, 0.25) is 10.0 Å². The van der Waals surface area contributed by atoms with Crippen molar-refractivity contribution in [3.8, 4) is 11.4 Å². The van der Waals surface area contributed by atoms with Gasteiger partial charge in [0, 0.05) is 30.9 Å². The zero-order chi connectivity index (χ0) is 19.9. The molecule has 0 saturated heterocycles. The molecule has 2 rings (SSSR count). The first-order valence-corrected chi connectivity index (χ1v) is 9.65. The molecule has 144 valence electrons. The number of ether oxygens (including phenoxy) is 1. The summed E-state index contributed by atoms with van der Waals surface area (Å²) in [6.45, 7) is 0.233. The maximum absolute atomic E-state index is 12.3. The number of rotatable bonds is 9. The molecule has 27 heavy (non-hydrogen) atoms. The molecule has 0 saturated carbocycles. The van der Waals surface area contributed by atoms with E-state index in [4.69, 9.17) is 11.1 Å². The molecule has 0 unspecified atom stereocenters. The zero-order valence-corrected chi connectivity index (χ0v) is 15.6. The Morgan fingerprint density at radius 2 is 1.81 bits per heavy atom. The number of carbonyl (C=O) groups excluding carboxylic acids is 1. The Kier molecular flexibility index (Phi) is 6.97. The number of sulfonamides is 1. The molecule has 10 heteroatoms. The Bertz CT molecular complexity index is 896. The summed E-state index contributed by atoms with van der Waals surface area (Å²) in [5, 5.41) is 7.32. The number of benzene rings is 1. The largest absolute Gasteiger partial charge is 0.469 e. The van der Waals surface area contributed by atoms with Crippen molar-refractivity contribution in [1.82, 2.24) is 14.7 Å². The first kappa shape index (κ1) is 20.5. The van der Waals surface area contributed by atoms with Crippen molar-refractivity contribution in [3.05, 3.63) is 42.2 Å². The van der Waals surface area contributed by atoms with E-state index in [1.165, 1.54) is 31.6 Å². The highest BCUT2D eigenvalue weighted by Crippen LogP contribution is 2.18. The molecule has 0 atom stereocenters. The average Bonchev–Trinajstić information content (AvgIpc) is 2.67. The number of nitrogens with one attached hydrogen (secondary N) is 2. The summed E-state index contributed by atoms with van der Waals surface area (Å²) in [6, 6.07) is 6.14. The van der Waals surface area contributed by atoms with Crippen LogP contribution in [0.4, 0.5) is 0 Å². The van der Waals surface area contributed by atoms with Crippen molar-refractivity contribution in [1.29, 1.82) is 5.41 Å². The van der Waals surface area contributed by atoms with Crippen LogP contribution in [0.5, 0.6) is 0 Å². The van der Waals surface area contributed by atoms with Gasteiger partial charge >= 0.3 is 5.97 Å². The minimum absolute atomic E-state index is 0.124. The van der Waals surface area contributed by atoms with Crippen LogP contribution in [0.15, 0.2) is 41.6 Å². The third-order valence-electron chi connectivity index (χ3n) is 3.71. The van der Waals surface area contributed by atoms with E-state index in [0.29, 0.717) is 29.8 Å². The molecule has 1 aromatic carbocycles. The van der Waals surface area contributed by atoms with Crippen molar-refractivity contribution >= 4 is 21.8 Å². The topological polar surface area (TPSA) is 148 Å². The van der Waals surface area contributed by atoms with Crippen LogP contribution in [-0.2, 0) is 19.6 Å². The number of unbranched alkanes of at least 4 members (excludes halogenated alkanes) is 1. The summed E-state index contributed by atoms with van der Waals surface area (Å²) in [5.74, 6) is -0.0348. The highest BCUT2D eigenvalue weighted by atomic mass is 32.2. The molecular formula is C17H21N5O4S. The van der Waals surface area contributed by atoms with Crippen LogP contribution in [0, 0.1) is 5.41 Å². The van der Waals surface area contributed by atoms with Crippen LogP contribution in [0.3, 0.4) is 0 Å². The lowest BCUT2D eigenvalue weighted by Gasteiger charge is -2.07. The number of methoxy groups -OCH3 is 1. The number of hydrogen-bond acceptors (Lipinski definition) is 7. The Morgan fingerprint density at radius 3 is 2.37 bits per heavy atom. The van der Waals surface area contributed by atoms with Gasteiger partial charge in [0.15, 0.2) is 5.82 Å². The Morgan fingerprint density at radius 1 is 1.19 bits per heavy atom. The van der Waals surface area contributed by atoms with Crippen LogP contribution in [0.1, 0.15) is 24.8 Å². The lowest BCUT2D eigenvalue weighted by Crippen LogP contribution is -2.24. The first-order valence-electron chi connectivity index (χ1n) is 8.17. The SMILES string of the molecule is COC(=O)CCCCNS(=O)(=O)c1ccc(-c2ncc(C(=N)N)cn2)cc1. The summed E-state index contributed by atoms with van der Waals surface area (Å²) in [6.07, 6.45) is 4.20. The second kappa shape index (κ2) is 9.19. The van der Waals surface area contributed by atoms with Crippen molar-refractivity contribution in [2.45, 2.75) is 24.2 Å². The first-order chi connectivity index (χ1) is 12.8. The molecule has 4 N–H and O–H groups in total. The Balaban J connectivity index is 1.96. The number of nitrogen functional groups attached to an aromatic ring is 1. The fourth-order valence-electron chi connectivity index (χ4n) is 2.19. The molecule has 2 aromatic rings. The molecule has 0 bridgehead atoms. The lowest BCUT2D eigenvalue weighted by atomic mass is 10.2. The summed E-state index contributed by atoms with van der Waals surface area (Å²) >= 11 is 0. The van der Waals surface area contributed by atoms with E-state index < -0.39 is 10.0 Å². The monoisotopic (exact) mass is 391 g/mol. The van der Waals surface area contributed by atoms with Gasteiger partial charge in [-0.3, -0.25) is 10.2 Å². The highest BCUT2D eigenvalue weighted by Gasteiger charge is 2.14. The summed E-state index contributed by atoms with van der Waals surface area (Å²) in [7, 11) is -2.32. The van der Waals surface area contributed by atoms with Crippen LogP contribution in [0.25, 0.3) is 11.4 Å². The van der Waals surface area contributed by atoms with Gasteiger partial charge in [0.25, 0.3) is 0 Å². The average molecular weight is 391 g/mol. The van der Waals surface area contributed by atoms with Gasteiger partial charge in [-0.2, -0.15) is 0 Å². The third-order valence-corrected chi connectivity index (χ3v) is 5.19. The fourth-order valence-corrected chi connectivity index (χ4v) is 3.26. The highest BCUT2D eigenvalue weighted by molar-refractivity contribution is 7.89. The molecule has 0 aliphatic heterocycles. The minimum atomic E-state index is -3.64. The van der Waals surface area contributed by atoms with Crippen LogP contribution in [0.2, 0.25) is 0 Å². The second-order valence-electron chi connectivity index (χ2n) is 5.66. The number of amidine groups is 1. The van der Waals surface area contributed by atoms with E-state index in [1.807, 2.05) is 0 Å². The summed E-state index contributed by atoms with van der Waals surface area (Å²) in [4.78, 5) is 19.4. The molecular weight excluding hydrogens is 370 g/mol. The minimum Gasteiger partial charge on any atom is -0.469 e. The zero-order valence-electron chi connectivity index (χ0n) is 14.8. The number of esters is 1. The molecule has 0 amide bonds. The van der Waals surface area contributed by atoms with Crippen molar-refractivity contribution < 1.29 is 17.9 Å². The van der Waals surface area contributed by atoms with Gasteiger partial charge in [0.1, 0.15) is 5.84 Å². The molecule has 0 aliphatic carbocycles. The lowest BCUT2D eigenvalue weighted by molar-refractivity contribution is -0.140. The molecule has 0 fully saturated rings. The normalized spacial score (nSPS) is 11.1. The van der Waals surface area contributed by atoms with Gasteiger partial charge < -0.3 is 10.5 Å². The molecule has 9 nitrogen and oxygen atoms in total. The number of aromatic nitrogens is 2. The maximum Gasteiger partial charge on any atom is 0.305 e. The molecule has 0 spiro atoms. The van der Waals surface area contributed by atoms with Gasteiger partial charge in [-0.05, 0) is 37.1 Å². The van der Waals surface area contributed by atoms with Crippen molar-refractivity contribution in [2.24, 2.45) is 5.73 Å². The molecule has 1 heterocycles. The van der Waals surface area contributed by atoms with E-state index in [1.54, 1.807) is 12.1 Å². The Hall–Kier alpha value is -2.85. The number of hydrogen-bond donors (Lipinski definition) is 3. The van der Waals surface area contributed by atoms with Crippen molar-refractivity contribution in [2.75, 3.05) is 13.7 Å². The number of nitrogens with zero attached hydrogens (tertiary/aromatic N) is 2. The van der Waals surface area contributed by atoms with Crippen LogP contribution < -0.4 is 10.5 Å². The number of carbonyl (C=O) groups is 1. The van der Waals surface area contributed by atoms with E-state index in [-0.39, 0.29) is 29.7 Å². The second-order valence-corrected chi connectivity index (χ2v) is 7.43. The van der Waals surface area contributed by atoms with Gasteiger partial charge in [-0.15, -0.1) is 0 Å². The third kappa shape index (κ3) is 5.83. The Labute approximate surface area is 157 Å². The maximum atomic E-state index is 12.3. The molecule has 1 aromatic heterocycles. The number of nitrogens with two attached hydrogens (primary N) is 1. The summed E-state index contributed by atoms with van der Waals surface area (Å²) in [5.41, 5.74) is 6.41. The van der Waals surface area contributed by atoms with E-state index in [2.05, 4.69) is 19.4 Å². The predicted octanol–water partition coefficient (Wildman–Crippen LogP) is 1.05. The van der Waals surface area contributed by atoms with Gasteiger partial charge in [-0.25, -0.2) is 23.1 Å². The molecule has 0 aliphatic rings. The predicted molar refractivity (Wildman–Crippen MR) is 99.5 cm³/mol. The van der Waals surface area contributed by atoms with Crippen molar-refractivity contribution in [3.63, 3.8) is 0 Å². The quantitative estimate of drug-likeness (QED) is 0.250. The van der Waals surface area contributed by atoms with Gasteiger partial charge in [-0.1, -0.05) is 0 Å².